The zero-order valence-electron chi connectivity index (χ0n) is 10.1. The first-order chi connectivity index (χ1) is 8.17. The molecule has 1 heterocycles. The lowest BCUT2D eigenvalue weighted by Gasteiger charge is -2.23. The molecule has 0 amide bonds. The van der Waals surface area contributed by atoms with Crippen molar-refractivity contribution in [2.75, 3.05) is 18.2 Å². The number of nitrogens with one attached hydrogen (secondary N) is 1. The molecule has 1 N–H and O–H groups in total. The van der Waals surface area contributed by atoms with E-state index in [1.54, 1.807) is 7.11 Å². The number of benzene rings is 1. The molecule has 0 aromatic heterocycles. The average molecular weight is 248 g/mol. The predicted octanol–water partition coefficient (Wildman–Crippen LogP) is 2.89. The minimum absolute atomic E-state index is 0.434. The van der Waals surface area contributed by atoms with Gasteiger partial charge in [-0.2, -0.15) is 17.0 Å². The van der Waals surface area contributed by atoms with Gasteiger partial charge in [0.05, 0.1) is 13.2 Å². The number of ether oxygens (including phenoxy) is 1. The number of hydrogen-bond acceptors (Lipinski definition) is 4. The first-order valence-corrected chi connectivity index (χ1v) is 6.67. The minimum Gasteiger partial charge on any atom is -0.497 e. The number of nitriles is 1. The van der Waals surface area contributed by atoms with Crippen molar-refractivity contribution in [3.05, 3.63) is 24.3 Å². The fourth-order valence-electron chi connectivity index (χ4n) is 2.06. The van der Waals surface area contributed by atoms with Crippen molar-refractivity contribution >= 4 is 17.4 Å². The highest BCUT2D eigenvalue weighted by Gasteiger charge is 2.38. The van der Waals surface area contributed by atoms with Gasteiger partial charge in [-0.15, -0.1) is 0 Å². The topological polar surface area (TPSA) is 45.0 Å². The molecule has 1 fully saturated rings. The van der Waals surface area contributed by atoms with E-state index in [9.17, 15) is 5.26 Å². The molecule has 1 saturated heterocycles. The van der Waals surface area contributed by atoms with Crippen LogP contribution in [0.25, 0.3) is 0 Å². The first-order valence-electron chi connectivity index (χ1n) is 5.62. The lowest BCUT2D eigenvalue weighted by Crippen LogP contribution is -2.36. The molecule has 3 nitrogen and oxygen atoms in total. The normalized spacial score (nSPS) is 27.5. The Morgan fingerprint density at radius 2 is 2.41 bits per heavy atom. The van der Waals surface area contributed by atoms with Gasteiger partial charge in [0, 0.05) is 22.8 Å². The smallest absolute Gasteiger partial charge is 0.135 e. The maximum Gasteiger partial charge on any atom is 0.135 e. The highest BCUT2D eigenvalue weighted by Crippen LogP contribution is 2.36. The summed E-state index contributed by atoms with van der Waals surface area (Å²) in [5.41, 5.74) is 0.511. The number of anilines is 1. The van der Waals surface area contributed by atoms with E-state index >= 15 is 0 Å². The van der Waals surface area contributed by atoms with Gasteiger partial charge in [0.15, 0.2) is 0 Å². The average Bonchev–Trinajstić information content (AvgIpc) is 2.72. The third-order valence-electron chi connectivity index (χ3n) is 2.92. The van der Waals surface area contributed by atoms with Crippen LogP contribution in [0.4, 0.5) is 5.69 Å². The minimum atomic E-state index is -0.434. The lowest BCUT2D eigenvalue weighted by atomic mass is 9.98. The van der Waals surface area contributed by atoms with E-state index in [4.69, 9.17) is 4.74 Å². The molecule has 2 rings (SSSR count). The van der Waals surface area contributed by atoms with Crippen LogP contribution >= 0.6 is 11.8 Å². The largest absolute Gasteiger partial charge is 0.497 e. The fraction of sp³-hybridized carbons (Fsp3) is 0.462. The summed E-state index contributed by atoms with van der Waals surface area (Å²) >= 11 is 1.84. The molecule has 1 aromatic carbocycles. The van der Waals surface area contributed by atoms with E-state index in [0.29, 0.717) is 5.25 Å². The molecule has 0 bridgehead atoms. The number of methoxy groups -OCH3 is 1. The molecule has 17 heavy (non-hydrogen) atoms. The maximum atomic E-state index is 9.37. The Morgan fingerprint density at radius 3 is 3.00 bits per heavy atom. The van der Waals surface area contributed by atoms with Crippen LogP contribution < -0.4 is 10.1 Å². The van der Waals surface area contributed by atoms with Crippen molar-refractivity contribution in [3.63, 3.8) is 0 Å². The Hall–Kier alpha value is -1.34. The molecule has 1 aliphatic rings. The molecular formula is C13H16N2OS. The second-order valence-electron chi connectivity index (χ2n) is 4.38. The molecule has 2 unspecified atom stereocenters. The maximum absolute atomic E-state index is 9.37. The van der Waals surface area contributed by atoms with E-state index in [0.717, 1.165) is 23.6 Å². The highest BCUT2D eigenvalue weighted by atomic mass is 32.2. The van der Waals surface area contributed by atoms with Crippen LogP contribution in [0.5, 0.6) is 5.75 Å². The number of hydrogen-bond donors (Lipinski definition) is 1. The van der Waals surface area contributed by atoms with Crippen LogP contribution in [0.2, 0.25) is 0 Å². The van der Waals surface area contributed by atoms with Gasteiger partial charge in [-0.3, -0.25) is 0 Å². The van der Waals surface area contributed by atoms with Gasteiger partial charge in [0.2, 0.25) is 0 Å². The van der Waals surface area contributed by atoms with Crippen molar-refractivity contribution < 1.29 is 4.74 Å². The number of nitrogens with zero attached hydrogens (tertiary/aromatic N) is 1. The third kappa shape index (κ3) is 2.67. The van der Waals surface area contributed by atoms with Crippen LogP contribution in [-0.2, 0) is 0 Å². The zero-order valence-corrected chi connectivity index (χ0v) is 10.9. The summed E-state index contributed by atoms with van der Waals surface area (Å²) in [6.45, 7) is 2.16. The Morgan fingerprint density at radius 1 is 1.59 bits per heavy atom. The van der Waals surface area contributed by atoms with Gasteiger partial charge in [0.1, 0.15) is 11.3 Å². The van der Waals surface area contributed by atoms with E-state index in [1.165, 1.54) is 0 Å². The molecule has 4 heteroatoms. The summed E-state index contributed by atoms with van der Waals surface area (Å²) in [5, 5.41) is 13.2. The Labute approximate surface area is 106 Å². The van der Waals surface area contributed by atoms with E-state index in [2.05, 4.69) is 18.3 Å². The van der Waals surface area contributed by atoms with Crippen LogP contribution in [0, 0.1) is 11.3 Å². The highest BCUT2D eigenvalue weighted by molar-refractivity contribution is 8.00. The molecular weight excluding hydrogens is 232 g/mol. The van der Waals surface area contributed by atoms with Gasteiger partial charge in [0.25, 0.3) is 0 Å². The summed E-state index contributed by atoms with van der Waals surface area (Å²) in [5.74, 6) is 1.64. The second-order valence-corrected chi connectivity index (χ2v) is 5.80. The molecule has 0 radical (unpaired) electrons. The van der Waals surface area contributed by atoms with Gasteiger partial charge in [-0.05, 0) is 18.6 Å². The monoisotopic (exact) mass is 248 g/mol. The molecule has 2 atom stereocenters. The van der Waals surface area contributed by atoms with Crippen molar-refractivity contribution in [1.82, 2.24) is 0 Å². The standard InChI is InChI=1S/C13H16N2OS/c1-10-7-13(8-14,9-17-10)15-11-4-3-5-12(6-11)16-2/h3-6,10,15H,7,9H2,1-2H3. The summed E-state index contributed by atoms with van der Waals surface area (Å²) in [4.78, 5) is 0. The summed E-state index contributed by atoms with van der Waals surface area (Å²) < 4.78 is 5.18. The number of rotatable bonds is 3. The molecule has 90 valence electrons. The Kier molecular flexibility index (Phi) is 3.49. The fourth-order valence-corrected chi connectivity index (χ4v) is 3.29. The molecule has 1 aromatic rings. The van der Waals surface area contributed by atoms with E-state index < -0.39 is 5.54 Å². The SMILES string of the molecule is COc1cccc(NC2(C#N)CSC(C)C2)c1. The summed E-state index contributed by atoms with van der Waals surface area (Å²) in [6.07, 6.45) is 0.880. The summed E-state index contributed by atoms with van der Waals surface area (Å²) in [7, 11) is 1.65. The Bertz CT molecular complexity index is 443. The zero-order chi connectivity index (χ0) is 12.3. The Balaban J connectivity index is 2.16. The van der Waals surface area contributed by atoms with Crippen molar-refractivity contribution in [2.45, 2.75) is 24.1 Å². The molecule has 0 aliphatic carbocycles. The van der Waals surface area contributed by atoms with Crippen LogP contribution in [0.15, 0.2) is 24.3 Å². The van der Waals surface area contributed by atoms with E-state index in [1.807, 2.05) is 36.0 Å². The lowest BCUT2D eigenvalue weighted by molar-refractivity contribution is 0.415. The van der Waals surface area contributed by atoms with Gasteiger partial charge in [-0.1, -0.05) is 13.0 Å². The van der Waals surface area contributed by atoms with Crippen molar-refractivity contribution in [2.24, 2.45) is 0 Å². The van der Waals surface area contributed by atoms with Crippen LogP contribution in [-0.4, -0.2) is 23.7 Å². The van der Waals surface area contributed by atoms with Crippen molar-refractivity contribution in [1.29, 1.82) is 5.26 Å². The van der Waals surface area contributed by atoms with E-state index in [-0.39, 0.29) is 0 Å². The van der Waals surface area contributed by atoms with Gasteiger partial charge in [-0.25, -0.2) is 0 Å². The van der Waals surface area contributed by atoms with Crippen LogP contribution in [0.1, 0.15) is 13.3 Å². The second kappa shape index (κ2) is 4.89. The van der Waals surface area contributed by atoms with Gasteiger partial charge >= 0.3 is 0 Å². The predicted molar refractivity (Wildman–Crippen MR) is 71.5 cm³/mol. The molecule has 1 aliphatic heterocycles. The third-order valence-corrected chi connectivity index (χ3v) is 4.31. The molecule has 0 spiro atoms. The van der Waals surface area contributed by atoms with Crippen LogP contribution in [0.3, 0.4) is 0 Å². The quantitative estimate of drug-likeness (QED) is 0.893. The molecule has 0 saturated carbocycles. The van der Waals surface area contributed by atoms with Crippen molar-refractivity contribution in [3.8, 4) is 11.8 Å². The van der Waals surface area contributed by atoms with Gasteiger partial charge < -0.3 is 10.1 Å². The first kappa shape index (κ1) is 12.1. The number of thioether (sulfide) groups is 1. The summed E-state index contributed by atoms with van der Waals surface area (Å²) in [6, 6.07) is 10.1.